The van der Waals surface area contributed by atoms with Crippen molar-refractivity contribution in [1.29, 1.82) is 0 Å². The van der Waals surface area contributed by atoms with Gasteiger partial charge in [-0.1, -0.05) is 0 Å². The number of methoxy groups -OCH3 is 1. The molecule has 8 N–H and O–H groups in total. The highest BCUT2D eigenvalue weighted by atomic mass is 16.7. The van der Waals surface area contributed by atoms with E-state index in [2.05, 4.69) is 0 Å². The van der Waals surface area contributed by atoms with Gasteiger partial charge in [-0.15, -0.1) is 0 Å². The van der Waals surface area contributed by atoms with E-state index in [9.17, 15) is 45.6 Å². The first-order chi connectivity index (χ1) is 20.0. The van der Waals surface area contributed by atoms with E-state index >= 15 is 0 Å². The lowest BCUT2D eigenvalue weighted by Crippen LogP contribution is -2.61. The maximum Gasteiger partial charge on any atom is 0.197 e. The van der Waals surface area contributed by atoms with E-state index in [-0.39, 0.29) is 16.7 Å². The predicted octanol–water partition coefficient (Wildman–Crippen LogP) is -0.754. The molecule has 0 saturated carbocycles. The van der Waals surface area contributed by atoms with Crippen molar-refractivity contribution in [1.82, 2.24) is 0 Å². The number of rotatable bonds is 6. The first kappa shape index (κ1) is 30.2. The van der Waals surface area contributed by atoms with Crippen molar-refractivity contribution in [3.8, 4) is 28.6 Å². The summed E-state index contributed by atoms with van der Waals surface area (Å²) in [6, 6.07) is 8.80. The van der Waals surface area contributed by atoms with Crippen molar-refractivity contribution < 1.29 is 64.2 Å². The molecule has 2 saturated heterocycles. The number of phenolic OH excluding ortho intramolecular Hbond substituents is 2. The predicted molar refractivity (Wildman–Crippen MR) is 142 cm³/mol. The summed E-state index contributed by atoms with van der Waals surface area (Å²) >= 11 is 0. The summed E-state index contributed by atoms with van der Waals surface area (Å²) in [4.78, 5) is 13.2. The van der Waals surface area contributed by atoms with Crippen molar-refractivity contribution in [2.75, 3.05) is 13.7 Å². The van der Waals surface area contributed by atoms with Crippen molar-refractivity contribution >= 4 is 11.0 Å². The highest BCUT2D eigenvalue weighted by molar-refractivity contribution is 5.88. The van der Waals surface area contributed by atoms with Crippen molar-refractivity contribution in [3.63, 3.8) is 0 Å². The fourth-order valence-electron chi connectivity index (χ4n) is 5.24. The molecule has 14 heteroatoms. The van der Waals surface area contributed by atoms with Gasteiger partial charge in [0.05, 0.1) is 25.4 Å². The summed E-state index contributed by atoms with van der Waals surface area (Å²) in [6.45, 7) is 0.618. The van der Waals surface area contributed by atoms with Crippen LogP contribution in [0, 0.1) is 0 Å². The lowest BCUT2D eigenvalue weighted by molar-refractivity contribution is -0.338. The van der Waals surface area contributed by atoms with Gasteiger partial charge in [0.1, 0.15) is 82.8 Å². The lowest BCUT2D eigenvalue weighted by atomic mass is 9.89. The molecule has 0 spiro atoms. The van der Waals surface area contributed by atoms with Gasteiger partial charge < -0.3 is 64.2 Å². The van der Waals surface area contributed by atoms with Crippen LogP contribution >= 0.6 is 0 Å². The number of hydrogen-bond donors (Lipinski definition) is 8. The van der Waals surface area contributed by atoms with Crippen molar-refractivity contribution in [2.45, 2.75) is 68.1 Å². The molecule has 42 heavy (non-hydrogen) atoms. The summed E-state index contributed by atoms with van der Waals surface area (Å²) in [6.07, 6.45) is -16.0. The van der Waals surface area contributed by atoms with Crippen molar-refractivity contribution in [2.24, 2.45) is 0 Å². The van der Waals surface area contributed by atoms with Crippen LogP contribution in [0.2, 0.25) is 0 Å². The molecule has 3 aromatic rings. The van der Waals surface area contributed by atoms with Gasteiger partial charge >= 0.3 is 0 Å². The molecule has 2 aliphatic heterocycles. The van der Waals surface area contributed by atoms with E-state index in [1.54, 1.807) is 24.3 Å². The Kier molecular flexibility index (Phi) is 8.44. The molecule has 0 radical (unpaired) electrons. The Labute approximate surface area is 238 Å². The van der Waals surface area contributed by atoms with Gasteiger partial charge in [-0.3, -0.25) is 4.79 Å². The standard InChI is InChI=1S/C28H32O14/c1-10-20(32)23(35)25(37)28(39-10)42-27-24(36)21(33)17(9-29)41-26(27)19-14(31)8-16-18(22(19)34)13(30)7-15(40-16)11-3-5-12(38-2)6-4-11/h3-8,10,17,20-21,23-29,31-37H,9H2,1-2H3. The third-order valence-corrected chi connectivity index (χ3v) is 7.64. The Morgan fingerprint density at radius 1 is 0.881 bits per heavy atom. The Morgan fingerprint density at radius 2 is 1.57 bits per heavy atom. The van der Waals surface area contributed by atoms with Gasteiger partial charge in [-0.25, -0.2) is 0 Å². The molecule has 0 bridgehead atoms. The molecule has 0 amide bonds. The average molecular weight is 593 g/mol. The summed E-state index contributed by atoms with van der Waals surface area (Å²) < 4.78 is 27.9. The zero-order valence-corrected chi connectivity index (χ0v) is 22.5. The largest absolute Gasteiger partial charge is 0.507 e. The molecular formula is C28H32O14. The second kappa shape index (κ2) is 11.8. The summed E-state index contributed by atoms with van der Waals surface area (Å²) in [5, 5.41) is 83.9. The summed E-state index contributed by atoms with van der Waals surface area (Å²) in [7, 11) is 1.50. The maximum absolute atomic E-state index is 13.2. The van der Waals surface area contributed by atoms with Gasteiger partial charge in [0, 0.05) is 17.7 Å². The zero-order chi connectivity index (χ0) is 30.5. The van der Waals surface area contributed by atoms with Crippen LogP contribution in [-0.2, 0) is 14.2 Å². The Hall–Kier alpha value is -3.31. The Balaban J connectivity index is 1.58. The number of aromatic hydroxyl groups is 2. The minimum Gasteiger partial charge on any atom is -0.507 e. The van der Waals surface area contributed by atoms with Crippen LogP contribution in [0.25, 0.3) is 22.3 Å². The molecule has 2 aromatic carbocycles. The quantitative estimate of drug-likeness (QED) is 0.176. The Morgan fingerprint density at radius 3 is 2.21 bits per heavy atom. The normalized spacial score (nSPS) is 33.5. The number of phenols is 2. The highest BCUT2D eigenvalue weighted by Gasteiger charge is 2.51. The van der Waals surface area contributed by atoms with E-state index in [1.165, 1.54) is 14.0 Å². The number of ether oxygens (including phenoxy) is 4. The van der Waals surface area contributed by atoms with Crippen LogP contribution in [0.4, 0.5) is 0 Å². The molecule has 1 aromatic heterocycles. The molecule has 0 aliphatic carbocycles. The van der Waals surface area contributed by atoms with Crippen molar-refractivity contribution in [3.05, 3.63) is 52.2 Å². The fraction of sp³-hybridized carbons (Fsp3) is 0.464. The number of aliphatic hydroxyl groups excluding tert-OH is 6. The van der Waals surface area contributed by atoms with Crippen LogP contribution in [0.15, 0.2) is 45.6 Å². The first-order valence-electron chi connectivity index (χ1n) is 13.1. The smallest absolute Gasteiger partial charge is 0.197 e. The van der Waals surface area contributed by atoms with Crippen LogP contribution < -0.4 is 10.2 Å². The Bertz CT molecular complexity index is 1470. The second-order valence-electron chi connectivity index (χ2n) is 10.3. The minimum absolute atomic E-state index is 0.133. The molecule has 2 aliphatic rings. The maximum atomic E-state index is 13.2. The molecule has 2 fully saturated rings. The molecule has 14 nitrogen and oxygen atoms in total. The number of aliphatic hydroxyl groups is 6. The number of benzene rings is 2. The SMILES string of the molecule is COc1ccc(-c2cc(=O)c3c(O)c(C4OC(CO)C(O)C(O)C4OC4OC(C)C(O)C(O)C4O)c(O)cc3o2)cc1. The third kappa shape index (κ3) is 5.21. The minimum atomic E-state index is -1.85. The van der Waals surface area contributed by atoms with E-state index in [1.807, 2.05) is 0 Å². The molecule has 228 valence electrons. The van der Waals surface area contributed by atoms with Gasteiger partial charge in [-0.05, 0) is 31.2 Å². The van der Waals surface area contributed by atoms with E-state index in [4.69, 9.17) is 23.4 Å². The van der Waals surface area contributed by atoms with Crippen LogP contribution in [-0.4, -0.2) is 110 Å². The van der Waals surface area contributed by atoms with Crippen LogP contribution in [0.1, 0.15) is 18.6 Å². The third-order valence-electron chi connectivity index (χ3n) is 7.64. The molecule has 10 atom stereocenters. The van der Waals surface area contributed by atoms with Gasteiger partial charge in [-0.2, -0.15) is 0 Å². The summed E-state index contributed by atoms with van der Waals surface area (Å²) in [5.74, 6) is -0.726. The fourth-order valence-corrected chi connectivity index (χ4v) is 5.24. The molecule has 10 unspecified atom stereocenters. The van der Waals surface area contributed by atoms with Crippen LogP contribution in [0.3, 0.4) is 0 Å². The zero-order valence-electron chi connectivity index (χ0n) is 22.5. The van der Waals surface area contributed by atoms with E-state index < -0.39 is 90.3 Å². The molecule has 3 heterocycles. The highest BCUT2D eigenvalue weighted by Crippen LogP contribution is 2.46. The lowest BCUT2D eigenvalue weighted by Gasteiger charge is -2.46. The van der Waals surface area contributed by atoms with E-state index in [0.717, 1.165) is 12.1 Å². The summed E-state index contributed by atoms with van der Waals surface area (Å²) in [5.41, 5.74) is -0.806. The van der Waals surface area contributed by atoms with Gasteiger partial charge in [0.2, 0.25) is 0 Å². The second-order valence-corrected chi connectivity index (χ2v) is 10.3. The van der Waals surface area contributed by atoms with Crippen LogP contribution in [0.5, 0.6) is 17.2 Å². The number of hydrogen-bond acceptors (Lipinski definition) is 14. The molecule has 5 rings (SSSR count). The van der Waals surface area contributed by atoms with Gasteiger partial charge in [0.15, 0.2) is 11.7 Å². The monoisotopic (exact) mass is 592 g/mol. The topological polar surface area (TPSA) is 229 Å². The van der Waals surface area contributed by atoms with Gasteiger partial charge in [0.25, 0.3) is 0 Å². The number of fused-ring (bicyclic) bond motifs is 1. The van der Waals surface area contributed by atoms with E-state index in [0.29, 0.717) is 11.3 Å². The first-order valence-corrected chi connectivity index (χ1v) is 13.1. The molecular weight excluding hydrogens is 560 g/mol. The average Bonchev–Trinajstić information content (AvgIpc) is 2.97.